The number of hydrogen-bond acceptors (Lipinski definition) is 7. The number of phenols is 1. The molecule has 10 nitrogen and oxygen atoms in total. The average molecular weight is 333 g/mol. The van der Waals surface area contributed by atoms with Crippen LogP contribution < -0.4 is 10.2 Å². The Kier molecular flexibility index (Phi) is 4.78. The van der Waals surface area contributed by atoms with Crippen molar-refractivity contribution in [1.29, 1.82) is 0 Å². The molecule has 1 aromatic carbocycles. The predicted molar refractivity (Wildman–Crippen MR) is 84.2 cm³/mol. The van der Waals surface area contributed by atoms with Crippen LogP contribution in [0.15, 0.2) is 29.5 Å². The Morgan fingerprint density at radius 1 is 1.50 bits per heavy atom. The number of nitro groups is 1. The number of nitrogens with one attached hydrogen (secondary N) is 1. The molecule has 0 aliphatic carbocycles. The fourth-order valence-corrected chi connectivity index (χ4v) is 1.93. The van der Waals surface area contributed by atoms with Gasteiger partial charge in [-0.05, 0) is 25.1 Å². The third-order valence-electron chi connectivity index (χ3n) is 3.14. The molecule has 1 amide bonds. The number of phenolic OH excluding ortho intramolecular Hbond substituents is 1. The minimum Gasteiger partial charge on any atom is -0.504 e. The average Bonchev–Trinajstić information content (AvgIpc) is 2.95. The highest BCUT2D eigenvalue weighted by molar-refractivity contribution is 6.01. The van der Waals surface area contributed by atoms with Gasteiger partial charge in [0.1, 0.15) is 6.20 Å². The first-order chi connectivity index (χ1) is 11.3. The van der Waals surface area contributed by atoms with Gasteiger partial charge in [0.25, 0.3) is 5.91 Å². The zero-order valence-corrected chi connectivity index (χ0v) is 13.2. The Bertz CT molecular complexity index is 827. The number of hydrogen-bond donors (Lipinski definition) is 2. The summed E-state index contributed by atoms with van der Waals surface area (Å²) in [7, 11) is 2.88. The van der Waals surface area contributed by atoms with Crippen molar-refractivity contribution in [3.8, 4) is 11.5 Å². The van der Waals surface area contributed by atoms with E-state index >= 15 is 0 Å². The number of carbonyl (C=O) groups excluding carboxylic acids is 1. The van der Waals surface area contributed by atoms with Crippen LogP contribution in [0.4, 0.5) is 5.69 Å². The molecule has 1 heterocycles. The third kappa shape index (κ3) is 3.48. The van der Waals surface area contributed by atoms with E-state index < -0.39 is 16.5 Å². The van der Waals surface area contributed by atoms with Crippen molar-refractivity contribution in [2.75, 3.05) is 7.11 Å². The van der Waals surface area contributed by atoms with Gasteiger partial charge in [0.2, 0.25) is 5.69 Å². The number of aromatic nitrogens is 2. The lowest BCUT2D eigenvalue weighted by atomic mass is 10.1. The molecule has 0 radical (unpaired) electrons. The predicted octanol–water partition coefficient (Wildman–Crippen LogP) is 1.20. The number of ether oxygens (including phenoxy) is 1. The maximum absolute atomic E-state index is 12.0. The van der Waals surface area contributed by atoms with Crippen molar-refractivity contribution < 1.29 is 19.6 Å². The molecule has 1 aromatic heterocycles. The molecule has 0 spiro atoms. The number of nitrogens with zero attached hydrogens (tertiary/aromatic N) is 4. The molecule has 2 N–H and O–H groups in total. The molecule has 0 aliphatic heterocycles. The van der Waals surface area contributed by atoms with Crippen LogP contribution in [0.3, 0.4) is 0 Å². The van der Waals surface area contributed by atoms with Crippen LogP contribution in [0.25, 0.3) is 0 Å². The molecule has 0 atom stereocenters. The van der Waals surface area contributed by atoms with Crippen LogP contribution in [0.1, 0.15) is 23.0 Å². The Hall–Kier alpha value is -3.43. The van der Waals surface area contributed by atoms with Gasteiger partial charge in [0.15, 0.2) is 11.5 Å². The molecule has 0 unspecified atom stereocenters. The molecule has 24 heavy (non-hydrogen) atoms. The lowest BCUT2D eigenvalue weighted by Gasteiger charge is -2.06. The van der Waals surface area contributed by atoms with Crippen molar-refractivity contribution in [2.24, 2.45) is 12.1 Å². The van der Waals surface area contributed by atoms with E-state index in [1.54, 1.807) is 19.1 Å². The topological polar surface area (TPSA) is 132 Å². The van der Waals surface area contributed by atoms with Crippen LogP contribution in [0, 0.1) is 10.1 Å². The van der Waals surface area contributed by atoms with Gasteiger partial charge >= 0.3 is 5.69 Å². The van der Waals surface area contributed by atoms with Crippen LogP contribution in [0.5, 0.6) is 11.5 Å². The van der Waals surface area contributed by atoms with Gasteiger partial charge in [-0.2, -0.15) is 10.2 Å². The second kappa shape index (κ2) is 6.77. The van der Waals surface area contributed by atoms with E-state index in [0.717, 1.165) is 6.20 Å². The molecule has 2 rings (SSSR count). The standard InChI is InChI=1S/C14H15N5O5/c1-8(9-4-5-11(20)12(6-9)24-3)15-16-14(21)13-10(19(22)23)7-18(2)17-13/h4-7,20H,1-3H3,(H,16,21)/b15-8+. The minimum atomic E-state index is -0.799. The van der Waals surface area contributed by atoms with Gasteiger partial charge in [-0.15, -0.1) is 0 Å². The number of rotatable bonds is 5. The molecule has 0 aliphatic rings. The smallest absolute Gasteiger partial charge is 0.320 e. The Labute approximate surface area is 136 Å². The number of methoxy groups -OCH3 is 1. The fourth-order valence-electron chi connectivity index (χ4n) is 1.93. The molecule has 2 aromatic rings. The van der Waals surface area contributed by atoms with Crippen LogP contribution >= 0.6 is 0 Å². The zero-order valence-electron chi connectivity index (χ0n) is 13.2. The molecule has 0 saturated heterocycles. The number of aryl methyl sites for hydroxylation is 1. The highest BCUT2D eigenvalue weighted by Gasteiger charge is 2.24. The Balaban J connectivity index is 2.21. The third-order valence-corrected chi connectivity index (χ3v) is 3.14. The highest BCUT2D eigenvalue weighted by Crippen LogP contribution is 2.26. The molecular weight excluding hydrogens is 318 g/mol. The summed E-state index contributed by atoms with van der Waals surface area (Å²) < 4.78 is 6.17. The van der Waals surface area contributed by atoms with Gasteiger partial charge in [-0.25, -0.2) is 5.43 Å². The molecule has 0 fully saturated rings. The summed E-state index contributed by atoms with van der Waals surface area (Å²) in [6.45, 7) is 1.62. The van der Waals surface area contributed by atoms with Crippen LogP contribution in [-0.2, 0) is 7.05 Å². The van der Waals surface area contributed by atoms with Crippen molar-refractivity contribution in [3.05, 3.63) is 45.8 Å². The number of aromatic hydroxyl groups is 1. The fraction of sp³-hybridized carbons (Fsp3) is 0.214. The normalized spacial score (nSPS) is 11.2. The van der Waals surface area contributed by atoms with Crippen molar-refractivity contribution in [3.63, 3.8) is 0 Å². The Morgan fingerprint density at radius 2 is 2.21 bits per heavy atom. The number of carbonyl (C=O) groups is 1. The first kappa shape index (κ1) is 16.9. The maximum Gasteiger partial charge on any atom is 0.320 e. The number of benzene rings is 1. The molecule has 10 heteroatoms. The first-order valence-electron chi connectivity index (χ1n) is 6.73. The molecule has 0 bridgehead atoms. The summed E-state index contributed by atoms with van der Waals surface area (Å²) in [5, 5.41) is 28.1. The number of amides is 1. The quantitative estimate of drug-likeness (QED) is 0.480. The van der Waals surface area contributed by atoms with E-state index in [0.29, 0.717) is 11.3 Å². The SMILES string of the molecule is COc1cc(/C(C)=N/NC(=O)c2nn(C)cc2[N+](=O)[O-])ccc1O. The van der Waals surface area contributed by atoms with E-state index in [4.69, 9.17) is 4.74 Å². The summed E-state index contributed by atoms with van der Waals surface area (Å²) in [5.41, 5.74) is 2.50. The van der Waals surface area contributed by atoms with Gasteiger partial charge in [0.05, 0.1) is 17.7 Å². The van der Waals surface area contributed by atoms with Gasteiger partial charge < -0.3 is 9.84 Å². The lowest BCUT2D eigenvalue weighted by Crippen LogP contribution is -2.21. The van der Waals surface area contributed by atoms with E-state index in [1.165, 1.54) is 24.9 Å². The highest BCUT2D eigenvalue weighted by atomic mass is 16.6. The first-order valence-corrected chi connectivity index (χ1v) is 6.73. The molecule has 126 valence electrons. The maximum atomic E-state index is 12.0. The minimum absolute atomic E-state index is 0.0257. The monoisotopic (exact) mass is 333 g/mol. The zero-order chi connectivity index (χ0) is 17.9. The second-order valence-electron chi connectivity index (χ2n) is 4.82. The summed E-state index contributed by atoms with van der Waals surface area (Å²) in [5.74, 6) is -0.566. The van der Waals surface area contributed by atoms with Gasteiger partial charge in [-0.1, -0.05) is 0 Å². The second-order valence-corrected chi connectivity index (χ2v) is 4.82. The van der Waals surface area contributed by atoms with Crippen molar-refractivity contribution >= 4 is 17.3 Å². The van der Waals surface area contributed by atoms with Crippen LogP contribution in [0.2, 0.25) is 0 Å². The van der Waals surface area contributed by atoms with E-state index in [2.05, 4.69) is 15.6 Å². The summed E-state index contributed by atoms with van der Waals surface area (Å²) in [4.78, 5) is 22.2. The van der Waals surface area contributed by atoms with Gasteiger partial charge in [-0.3, -0.25) is 19.6 Å². The van der Waals surface area contributed by atoms with Crippen molar-refractivity contribution in [2.45, 2.75) is 6.92 Å². The molecule has 0 saturated carbocycles. The lowest BCUT2D eigenvalue weighted by molar-refractivity contribution is -0.385. The summed E-state index contributed by atoms with van der Waals surface area (Å²) in [6.07, 6.45) is 1.14. The summed E-state index contributed by atoms with van der Waals surface area (Å²) in [6, 6.07) is 4.56. The molecular formula is C14H15N5O5. The Morgan fingerprint density at radius 3 is 2.83 bits per heavy atom. The van der Waals surface area contributed by atoms with Gasteiger partial charge in [0, 0.05) is 12.6 Å². The van der Waals surface area contributed by atoms with E-state index in [-0.39, 0.29) is 17.2 Å². The number of hydrazone groups is 1. The van der Waals surface area contributed by atoms with E-state index in [1.807, 2.05) is 0 Å². The largest absolute Gasteiger partial charge is 0.504 e. The van der Waals surface area contributed by atoms with E-state index in [9.17, 15) is 20.0 Å². The van der Waals surface area contributed by atoms with Crippen LogP contribution in [-0.4, -0.2) is 38.5 Å². The summed E-state index contributed by atoms with van der Waals surface area (Å²) >= 11 is 0. The van der Waals surface area contributed by atoms with Crippen molar-refractivity contribution in [1.82, 2.24) is 15.2 Å².